The highest BCUT2D eigenvalue weighted by Gasteiger charge is 2.29. The molecule has 0 aromatic heterocycles. The minimum atomic E-state index is 1.28. The van der Waals surface area contributed by atoms with Gasteiger partial charge in [-0.25, -0.2) is 0 Å². The van der Waals surface area contributed by atoms with E-state index in [0.717, 1.165) is 0 Å². The summed E-state index contributed by atoms with van der Waals surface area (Å²) < 4.78 is 0. The smallest absolute Gasteiger partial charge is 0.00112 e. The molecular weight excluding hydrogens is 360 g/mol. The molecule has 30 heavy (non-hydrogen) atoms. The molecule has 142 valence electrons. The van der Waals surface area contributed by atoms with Gasteiger partial charge in [-0.05, 0) is 80.3 Å². The number of benzene rings is 5. The molecule has 6 rings (SSSR count). The van der Waals surface area contributed by atoms with E-state index in [1.54, 1.807) is 0 Å². The van der Waals surface area contributed by atoms with Crippen molar-refractivity contribution in [3.8, 4) is 44.5 Å². The molecule has 0 heteroatoms. The fourth-order valence-electron chi connectivity index (χ4n) is 5.16. The molecule has 0 aliphatic heterocycles. The summed E-state index contributed by atoms with van der Waals surface area (Å²) >= 11 is 0. The molecule has 1 aliphatic carbocycles. The number of hydrogen-bond donors (Lipinski definition) is 0. The monoisotopic (exact) mass is 382 g/mol. The van der Waals surface area contributed by atoms with Crippen LogP contribution in [0.3, 0.4) is 0 Å². The molecule has 5 aromatic carbocycles. The standard InChI is InChI=1S/C30H22/c1-19-16-17-25-28-23(19)14-9-15-24(28)30-27(22-12-7-4-8-13-22)20(2)18-26(29(25)30)21-10-5-3-6-11-21/h3-18H,1-2H3. The minimum absolute atomic E-state index is 1.28. The van der Waals surface area contributed by atoms with Crippen LogP contribution < -0.4 is 0 Å². The van der Waals surface area contributed by atoms with Crippen LogP contribution >= 0.6 is 0 Å². The van der Waals surface area contributed by atoms with Crippen LogP contribution in [-0.4, -0.2) is 0 Å². The number of fused-ring (bicyclic) bond motifs is 3. The van der Waals surface area contributed by atoms with Crippen molar-refractivity contribution in [2.45, 2.75) is 13.8 Å². The van der Waals surface area contributed by atoms with Crippen molar-refractivity contribution in [2.24, 2.45) is 0 Å². The van der Waals surface area contributed by atoms with Gasteiger partial charge in [0.15, 0.2) is 0 Å². The van der Waals surface area contributed by atoms with Crippen molar-refractivity contribution < 1.29 is 0 Å². The molecule has 0 N–H and O–H groups in total. The van der Waals surface area contributed by atoms with E-state index < -0.39 is 0 Å². The first-order valence-electron chi connectivity index (χ1n) is 10.6. The van der Waals surface area contributed by atoms with E-state index in [0.29, 0.717) is 0 Å². The highest BCUT2D eigenvalue weighted by atomic mass is 14.3. The van der Waals surface area contributed by atoms with E-state index in [-0.39, 0.29) is 0 Å². The van der Waals surface area contributed by atoms with Crippen LogP contribution in [0.2, 0.25) is 0 Å². The van der Waals surface area contributed by atoms with Gasteiger partial charge in [-0.15, -0.1) is 0 Å². The molecular formula is C30H22. The van der Waals surface area contributed by atoms with Crippen molar-refractivity contribution in [2.75, 3.05) is 0 Å². The maximum absolute atomic E-state index is 2.38. The molecule has 0 unspecified atom stereocenters. The normalized spacial score (nSPS) is 11.7. The lowest BCUT2D eigenvalue weighted by atomic mass is 9.85. The topological polar surface area (TPSA) is 0 Å². The summed E-state index contributed by atoms with van der Waals surface area (Å²) in [5.74, 6) is 0. The maximum Gasteiger partial charge on any atom is -0.00112 e. The van der Waals surface area contributed by atoms with Crippen LogP contribution in [0.4, 0.5) is 0 Å². The van der Waals surface area contributed by atoms with Gasteiger partial charge in [0.2, 0.25) is 0 Å². The van der Waals surface area contributed by atoms with Crippen molar-refractivity contribution in [1.82, 2.24) is 0 Å². The number of rotatable bonds is 2. The Morgan fingerprint density at radius 3 is 1.83 bits per heavy atom. The van der Waals surface area contributed by atoms with Crippen LogP contribution in [-0.2, 0) is 0 Å². The summed E-state index contributed by atoms with van der Waals surface area (Å²) in [4.78, 5) is 0. The molecule has 0 amide bonds. The predicted octanol–water partition coefficient (Wildman–Crippen LogP) is 8.44. The first kappa shape index (κ1) is 17.2. The van der Waals surface area contributed by atoms with E-state index in [1.807, 2.05) is 0 Å². The first-order valence-corrected chi connectivity index (χ1v) is 10.6. The zero-order valence-electron chi connectivity index (χ0n) is 17.2. The van der Waals surface area contributed by atoms with Crippen LogP contribution in [0, 0.1) is 13.8 Å². The molecule has 0 radical (unpaired) electrons. The average molecular weight is 383 g/mol. The number of hydrogen-bond acceptors (Lipinski definition) is 0. The van der Waals surface area contributed by atoms with E-state index in [9.17, 15) is 0 Å². The Hall–Kier alpha value is -3.64. The molecule has 0 saturated heterocycles. The van der Waals surface area contributed by atoms with E-state index in [4.69, 9.17) is 0 Å². The minimum Gasteiger partial charge on any atom is -0.0622 e. The third kappa shape index (κ3) is 2.34. The van der Waals surface area contributed by atoms with Crippen molar-refractivity contribution in [3.63, 3.8) is 0 Å². The fourth-order valence-corrected chi connectivity index (χ4v) is 5.16. The predicted molar refractivity (Wildman–Crippen MR) is 129 cm³/mol. The van der Waals surface area contributed by atoms with Gasteiger partial charge in [0, 0.05) is 0 Å². The number of aryl methyl sites for hydroxylation is 2. The molecule has 0 saturated carbocycles. The maximum atomic E-state index is 2.38. The Bertz CT molecular complexity index is 1420. The van der Waals surface area contributed by atoms with Crippen LogP contribution in [0.5, 0.6) is 0 Å². The fraction of sp³-hybridized carbons (Fsp3) is 0.0667. The van der Waals surface area contributed by atoms with Gasteiger partial charge in [-0.1, -0.05) is 97.1 Å². The molecule has 0 heterocycles. The van der Waals surface area contributed by atoms with Gasteiger partial charge in [-0.3, -0.25) is 0 Å². The van der Waals surface area contributed by atoms with Gasteiger partial charge in [-0.2, -0.15) is 0 Å². The highest BCUT2D eigenvalue weighted by molar-refractivity contribution is 6.21. The third-order valence-electron chi connectivity index (χ3n) is 6.47. The zero-order chi connectivity index (χ0) is 20.2. The highest BCUT2D eigenvalue weighted by Crippen LogP contribution is 2.55. The second kappa shape index (κ2) is 6.43. The zero-order valence-corrected chi connectivity index (χ0v) is 17.2. The summed E-state index contributed by atoms with van der Waals surface area (Å²) in [6.45, 7) is 4.47. The Labute approximate surface area is 177 Å². The van der Waals surface area contributed by atoms with Gasteiger partial charge in [0.25, 0.3) is 0 Å². The Kier molecular flexibility index (Phi) is 3.70. The van der Waals surface area contributed by atoms with Crippen molar-refractivity contribution in [3.05, 3.63) is 108 Å². The lowest BCUT2D eigenvalue weighted by Gasteiger charge is -2.18. The molecule has 0 fully saturated rings. The SMILES string of the molecule is Cc1cc(-c2ccccc2)c2c(c1-c1ccccc1)-c1cccc3c(C)ccc-2c13. The lowest BCUT2D eigenvalue weighted by molar-refractivity contribution is 1.46. The second-order valence-corrected chi connectivity index (χ2v) is 8.26. The Morgan fingerprint density at radius 1 is 0.433 bits per heavy atom. The molecule has 0 spiro atoms. The Morgan fingerprint density at radius 2 is 1.10 bits per heavy atom. The van der Waals surface area contributed by atoms with Gasteiger partial charge in [0.1, 0.15) is 0 Å². The summed E-state index contributed by atoms with van der Waals surface area (Å²) in [5.41, 5.74) is 13.4. The third-order valence-corrected chi connectivity index (χ3v) is 6.47. The summed E-state index contributed by atoms with van der Waals surface area (Å²) in [7, 11) is 0. The van der Waals surface area contributed by atoms with Crippen LogP contribution in [0.15, 0.2) is 97.1 Å². The van der Waals surface area contributed by atoms with Gasteiger partial charge >= 0.3 is 0 Å². The first-order chi connectivity index (χ1) is 14.7. The second-order valence-electron chi connectivity index (χ2n) is 8.26. The van der Waals surface area contributed by atoms with E-state index >= 15 is 0 Å². The molecule has 0 bridgehead atoms. The molecule has 5 aromatic rings. The van der Waals surface area contributed by atoms with E-state index in [2.05, 4.69) is 111 Å². The van der Waals surface area contributed by atoms with Crippen molar-refractivity contribution >= 4 is 10.8 Å². The Balaban J connectivity index is 1.82. The van der Waals surface area contributed by atoms with Gasteiger partial charge < -0.3 is 0 Å². The van der Waals surface area contributed by atoms with E-state index in [1.165, 1.54) is 66.4 Å². The largest absolute Gasteiger partial charge is 0.0622 e. The molecule has 1 aliphatic rings. The van der Waals surface area contributed by atoms with Crippen molar-refractivity contribution in [1.29, 1.82) is 0 Å². The van der Waals surface area contributed by atoms with Crippen LogP contribution in [0.25, 0.3) is 55.3 Å². The van der Waals surface area contributed by atoms with Crippen LogP contribution in [0.1, 0.15) is 11.1 Å². The quantitative estimate of drug-likeness (QED) is 0.282. The summed E-state index contributed by atoms with van der Waals surface area (Å²) in [5, 5.41) is 2.75. The molecule has 0 atom stereocenters. The summed E-state index contributed by atoms with van der Waals surface area (Å²) in [6, 6.07) is 35.4. The molecule has 0 nitrogen and oxygen atoms in total. The summed E-state index contributed by atoms with van der Waals surface area (Å²) in [6.07, 6.45) is 0. The lowest BCUT2D eigenvalue weighted by Crippen LogP contribution is -1.93. The van der Waals surface area contributed by atoms with Gasteiger partial charge in [0.05, 0.1) is 0 Å². The average Bonchev–Trinajstić information content (AvgIpc) is 3.12.